The Morgan fingerprint density at radius 2 is 1.85 bits per heavy atom. The molecule has 2 amide bonds. The number of para-hydroxylation sites is 1. The number of alkyl halides is 3. The monoisotopic (exact) mass is 454 g/mol. The molecule has 0 saturated heterocycles. The molecule has 1 atom stereocenters. The first kappa shape index (κ1) is 20.7. The van der Waals surface area contributed by atoms with E-state index in [2.05, 4.69) is 20.8 Å². The molecule has 2 heterocycles. The van der Waals surface area contributed by atoms with Crippen molar-refractivity contribution in [1.29, 1.82) is 0 Å². The highest BCUT2D eigenvalue weighted by Gasteiger charge is 2.35. The zero-order chi connectivity index (χ0) is 23.3. The number of halogens is 4. The van der Waals surface area contributed by atoms with Crippen molar-refractivity contribution in [1.82, 2.24) is 15.5 Å². The summed E-state index contributed by atoms with van der Waals surface area (Å²) in [4.78, 5) is 25.4. The highest BCUT2D eigenvalue weighted by Crippen LogP contribution is 2.39. The van der Waals surface area contributed by atoms with Crippen LogP contribution in [0.15, 0.2) is 60.8 Å². The minimum atomic E-state index is -4.81. The van der Waals surface area contributed by atoms with Crippen molar-refractivity contribution in [3.05, 3.63) is 94.4 Å². The Labute approximate surface area is 183 Å². The number of amides is 2. The molecule has 0 fully saturated rings. The zero-order valence-corrected chi connectivity index (χ0v) is 16.6. The van der Waals surface area contributed by atoms with E-state index in [1.807, 2.05) is 6.07 Å². The van der Waals surface area contributed by atoms with Gasteiger partial charge in [-0.25, -0.2) is 4.39 Å². The third kappa shape index (κ3) is 3.59. The van der Waals surface area contributed by atoms with Crippen LogP contribution in [0.5, 0.6) is 0 Å². The van der Waals surface area contributed by atoms with Gasteiger partial charge in [0.15, 0.2) is 0 Å². The van der Waals surface area contributed by atoms with Crippen LogP contribution in [0.25, 0.3) is 10.9 Å². The number of H-pyrrole nitrogens is 1. The van der Waals surface area contributed by atoms with Gasteiger partial charge >= 0.3 is 6.18 Å². The number of carbonyl (C=O) groups excluding carboxylic acids is 2. The number of fused-ring (bicyclic) bond motifs is 2. The van der Waals surface area contributed by atoms with E-state index in [9.17, 15) is 27.2 Å². The van der Waals surface area contributed by atoms with Crippen molar-refractivity contribution in [3.63, 3.8) is 0 Å². The summed E-state index contributed by atoms with van der Waals surface area (Å²) in [5.41, 5.74) is 0.599. The van der Waals surface area contributed by atoms with Crippen molar-refractivity contribution < 1.29 is 27.2 Å². The molecule has 5 rings (SSSR count). The Kier molecular flexibility index (Phi) is 4.66. The number of benzene rings is 3. The largest absolute Gasteiger partial charge is 0.416 e. The second kappa shape index (κ2) is 7.44. The number of carbonyl (C=O) groups is 2. The molecular formula is C23H14F4N4O2. The Morgan fingerprint density at radius 3 is 2.64 bits per heavy atom. The van der Waals surface area contributed by atoms with Crippen LogP contribution in [0, 0.1) is 5.82 Å². The molecule has 10 heteroatoms. The summed E-state index contributed by atoms with van der Waals surface area (Å²) >= 11 is 0. The molecule has 1 aromatic heterocycles. The first-order valence-electron chi connectivity index (χ1n) is 9.77. The SMILES string of the molecule is O=C(Nc1cccc2c1C(c1cccc3cn[nH]c13)NC2=O)c1cc(F)cc(C(F)(F)F)c1. The number of anilines is 1. The number of aromatic nitrogens is 2. The smallest absolute Gasteiger partial charge is 0.341 e. The van der Waals surface area contributed by atoms with Crippen molar-refractivity contribution in [3.8, 4) is 0 Å². The second-order valence-electron chi connectivity index (χ2n) is 7.54. The fourth-order valence-corrected chi connectivity index (χ4v) is 4.01. The third-order valence-electron chi connectivity index (χ3n) is 5.47. The molecule has 1 unspecified atom stereocenters. The first-order valence-corrected chi connectivity index (χ1v) is 9.77. The Bertz CT molecular complexity index is 1430. The van der Waals surface area contributed by atoms with Gasteiger partial charge in [0.2, 0.25) is 0 Å². The van der Waals surface area contributed by atoms with E-state index in [1.165, 1.54) is 6.07 Å². The molecule has 0 spiro atoms. The summed E-state index contributed by atoms with van der Waals surface area (Å²) in [6.07, 6.45) is -3.18. The van der Waals surface area contributed by atoms with Crippen LogP contribution >= 0.6 is 0 Å². The average Bonchev–Trinajstić information content (AvgIpc) is 3.38. The minimum absolute atomic E-state index is 0.218. The molecule has 1 aliphatic rings. The van der Waals surface area contributed by atoms with Crippen molar-refractivity contribution in [2.75, 3.05) is 5.32 Å². The van der Waals surface area contributed by atoms with Crippen LogP contribution in [0.3, 0.4) is 0 Å². The van der Waals surface area contributed by atoms with Crippen molar-refractivity contribution >= 4 is 28.4 Å². The van der Waals surface area contributed by atoms with Gasteiger partial charge in [-0.1, -0.05) is 24.3 Å². The fraction of sp³-hybridized carbons (Fsp3) is 0.0870. The highest BCUT2D eigenvalue weighted by atomic mass is 19.4. The van der Waals surface area contributed by atoms with E-state index in [4.69, 9.17) is 0 Å². The lowest BCUT2D eigenvalue weighted by atomic mass is 9.95. The summed E-state index contributed by atoms with van der Waals surface area (Å²) in [6, 6.07) is 11.1. The van der Waals surface area contributed by atoms with Crippen LogP contribution in [-0.2, 0) is 6.18 Å². The molecule has 0 radical (unpaired) electrons. The zero-order valence-electron chi connectivity index (χ0n) is 16.6. The third-order valence-corrected chi connectivity index (χ3v) is 5.47. The Morgan fingerprint density at radius 1 is 1.06 bits per heavy atom. The number of aromatic amines is 1. The number of nitrogens with zero attached hydrogens (tertiary/aromatic N) is 1. The summed E-state index contributed by atoms with van der Waals surface area (Å²) in [7, 11) is 0. The van der Waals surface area contributed by atoms with Crippen molar-refractivity contribution in [2.45, 2.75) is 12.2 Å². The summed E-state index contributed by atoms with van der Waals surface area (Å²) in [5, 5.41) is 13.1. The molecule has 6 nitrogen and oxygen atoms in total. The molecule has 3 aromatic carbocycles. The van der Waals surface area contributed by atoms with Gasteiger partial charge in [-0.05, 0) is 30.3 Å². The van der Waals surface area contributed by atoms with Crippen LogP contribution in [-0.4, -0.2) is 22.0 Å². The first-order chi connectivity index (χ1) is 15.7. The maximum absolute atomic E-state index is 13.8. The molecule has 1 aliphatic heterocycles. The summed E-state index contributed by atoms with van der Waals surface area (Å²) < 4.78 is 52.9. The lowest BCUT2D eigenvalue weighted by Crippen LogP contribution is -2.21. The van der Waals surface area contributed by atoms with E-state index in [0.29, 0.717) is 34.3 Å². The van der Waals surface area contributed by atoms with Crippen LogP contribution in [0.2, 0.25) is 0 Å². The van der Waals surface area contributed by atoms with Crippen molar-refractivity contribution in [2.24, 2.45) is 0 Å². The van der Waals surface area contributed by atoms with Gasteiger partial charge in [0.05, 0.1) is 23.3 Å². The number of hydrogen-bond acceptors (Lipinski definition) is 3. The van der Waals surface area contributed by atoms with E-state index in [-0.39, 0.29) is 11.6 Å². The number of rotatable bonds is 3. The number of nitrogens with one attached hydrogen (secondary N) is 3. The van der Waals surface area contributed by atoms with Gasteiger partial charge in [0.25, 0.3) is 11.8 Å². The summed E-state index contributed by atoms with van der Waals surface area (Å²) in [5.74, 6) is -2.49. The molecule has 166 valence electrons. The molecular weight excluding hydrogens is 440 g/mol. The van der Waals surface area contributed by atoms with Gasteiger partial charge in [-0.2, -0.15) is 18.3 Å². The van der Waals surface area contributed by atoms with Gasteiger partial charge in [0, 0.05) is 33.3 Å². The minimum Gasteiger partial charge on any atom is -0.341 e. The lowest BCUT2D eigenvalue weighted by Gasteiger charge is -2.17. The maximum Gasteiger partial charge on any atom is 0.416 e. The molecule has 33 heavy (non-hydrogen) atoms. The topological polar surface area (TPSA) is 86.9 Å². The van der Waals surface area contributed by atoms with Gasteiger partial charge in [-0.3, -0.25) is 14.7 Å². The molecule has 3 N–H and O–H groups in total. The van der Waals surface area contributed by atoms with Crippen LogP contribution in [0.4, 0.5) is 23.2 Å². The normalized spacial score (nSPS) is 15.4. The van der Waals surface area contributed by atoms with Gasteiger partial charge in [-0.15, -0.1) is 0 Å². The molecule has 0 saturated carbocycles. The fourth-order valence-electron chi connectivity index (χ4n) is 4.01. The predicted molar refractivity (Wildman–Crippen MR) is 111 cm³/mol. The Balaban J connectivity index is 1.56. The molecule has 0 bridgehead atoms. The maximum atomic E-state index is 13.8. The highest BCUT2D eigenvalue weighted by molar-refractivity contribution is 6.08. The number of hydrogen-bond donors (Lipinski definition) is 3. The van der Waals surface area contributed by atoms with E-state index < -0.39 is 35.1 Å². The predicted octanol–water partition coefficient (Wildman–Crippen LogP) is 4.81. The standard InChI is InChI=1S/C23H14F4N4O2/c24-14-8-12(7-13(9-14)23(25,26)27)21(32)29-17-6-2-4-15-18(17)20(30-22(15)33)16-5-1-3-11-10-28-31-19(11)16/h1-10,20H,(H,28,31)(H,29,32)(H,30,33). The second-order valence-corrected chi connectivity index (χ2v) is 7.54. The van der Waals surface area contributed by atoms with Crippen LogP contribution < -0.4 is 10.6 Å². The van der Waals surface area contributed by atoms with Gasteiger partial charge in [0.1, 0.15) is 5.82 Å². The van der Waals surface area contributed by atoms with Gasteiger partial charge < -0.3 is 10.6 Å². The van der Waals surface area contributed by atoms with Crippen LogP contribution in [0.1, 0.15) is 43.4 Å². The van der Waals surface area contributed by atoms with E-state index >= 15 is 0 Å². The van der Waals surface area contributed by atoms with E-state index in [1.54, 1.807) is 30.5 Å². The molecule has 4 aromatic rings. The van der Waals surface area contributed by atoms with E-state index in [0.717, 1.165) is 11.5 Å². The summed E-state index contributed by atoms with van der Waals surface area (Å²) in [6.45, 7) is 0. The Hall–Kier alpha value is -4.21. The lowest BCUT2D eigenvalue weighted by molar-refractivity contribution is -0.137. The molecule has 0 aliphatic carbocycles. The quantitative estimate of drug-likeness (QED) is 0.389. The average molecular weight is 454 g/mol.